The van der Waals surface area contributed by atoms with Crippen LogP contribution in [0.2, 0.25) is 0 Å². The number of hydrogen-bond donors (Lipinski definition) is 1. The molecule has 1 heterocycles. The highest BCUT2D eigenvalue weighted by Gasteiger charge is 2.33. The molecule has 0 saturated carbocycles. The Balaban J connectivity index is 2.48. The lowest BCUT2D eigenvalue weighted by atomic mass is 9.95. The van der Waals surface area contributed by atoms with Crippen molar-refractivity contribution < 1.29 is 9.47 Å². The fourth-order valence-corrected chi connectivity index (χ4v) is 1.84. The molecule has 1 N–H and O–H groups in total. The van der Waals surface area contributed by atoms with E-state index in [9.17, 15) is 0 Å². The van der Waals surface area contributed by atoms with Crippen LogP contribution in [0.15, 0.2) is 0 Å². The van der Waals surface area contributed by atoms with Crippen molar-refractivity contribution in [1.82, 2.24) is 5.32 Å². The zero-order chi connectivity index (χ0) is 9.73. The van der Waals surface area contributed by atoms with Gasteiger partial charge in [0.1, 0.15) is 0 Å². The van der Waals surface area contributed by atoms with Gasteiger partial charge in [0.05, 0.1) is 18.3 Å². The highest BCUT2D eigenvalue weighted by Crippen LogP contribution is 2.24. The molecule has 1 aliphatic rings. The lowest BCUT2D eigenvalue weighted by Crippen LogP contribution is -2.54. The van der Waals surface area contributed by atoms with E-state index in [1.54, 1.807) is 7.11 Å². The second kappa shape index (κ2) is 4.94. The Bertz CT molecular complexity index is 144. The maximum absolute atomic E-state index is 6.03. The Morgan fingerprint density at radius 2 is 2.15 bits per heavy atom. The molecular weight excluding hydrogens is 166 g/mol. The van der Waals surface area contributed by atoms with E-state index in [1.165, 1.54) is 0 Å². The molecular formula is C10H21NO2. The predicted molar refractivity (Wildman–Crippen MR) is 52.9 cm³/mol. The largest absolute Gasteiger partial charge is 0.382 e. The molecule has 0 aromatic heterocycles. The third-order valence-corrected chi connectivity index (χ3v) is 2.88. The van der Waals surface area contributed by atoms with Gasteiger partial charge in [0.25, 0.3) is 0 Å². The van der Waals surface area contributed by atoms with E-state index >= 15 is 0 Å². The van der Waals surface area contributed by atoms with Crippen molar-refractivity contribution in [3.05, 3.63) is 0 Å². The van der Waals surface area contributed by atoms with Crippen LogP contribution in [0.3, 0.4) is 0 Å². The Labute approximate surface area is 80.8 Å². The number of rotatable bonds is 4. The van der Waals surface area contributed by atoms with Crippen LogP contribution >= 0.6 is 0 Å². The van der Waals surface area contributed by atoms with Crippen LogP contribution in [0.5, 0.6) is 0 Å². The zero-order valence-electron chi connectivity index (χ0n) is 8.93. The zero-order valence-corrected chi connectivity index (χ0v) is 8.93. The van der Waals surface area contributed by atoms with Gasteiger partial charge in [0, 0.05) is 20.2 Å². The van der Waals surface area contributed by atoms with Gasteiger partial charge in [-0.15, -0.1) is 0 Å². The molecule has 0 amide bonds. The van der Waals surface area contributed by atoms with Gasteiger partial charge in [-0.25, -0.2) is 0 Å². The summed E-state index contributed by atoms with van der Waals surface area (Å²) in [5.74, 6) is 0. The topological polar surface area (TPSA) is 30.5 Å². The van der Waals surface area contributed by atoms with Crippen LogP contribution in [0.4, 0.5) is 0 Å². The maximum atomic E-state index is 6.03. The van der Waals surface area contributed by atoms with Crippen molar-refractivity contribution in [2.24, 2.45) is 0 Å². The van der Waals surface area contributed by atoms with Gasteiger partial charge in [0.15, 0.2) is 0 Å². The highest BCUT2D eigenvalue weighted by atomic mass is 16.5. The molecule has 3 nitrogen and oxygen atoms in total. The van der Waals surface area contributed by atoms with E-state index in [1.807, 2.05) is 0 Å². The van der Waals surface area contributed by atoms with Crippen LogP contribution < -0.4 is 5.32 Å². The van der Waals surface area contributed by atoms with Crippen LogP contribution in [0.25, 0.3) is 0 Å². The van der Waals surface area contributed by atoms with E-state index in [0.29, 0.717) is 6.61 Å². The van der Waals surface area contributed by atoms with Gasteiger partial charge in [-0.05, 0) is 12.8 Å². The van der Waals surface area contributed by atoms with Crippen LogP contribution in [0, 0.1) is 0 Å². The van der Waals surface area contributed by atoms with Crippen molar-refractivity contribution in [2.45, 2.75) is 38.4 Å². The number of nitrogens with one attached hydrogen (secondary N) is 1. The molecule has 0 bridgehead atoms. The van der Waals surface area contributed by atoms with Gasteiger partial charge in [-0.3, -0.25) is 0 Å². The molecule has 0 radical (unpaired) electrons. The number of hydrogen-bond acceptors (Lipinski definition) is 3. The lowest BCUT2D eigenvalue weighted by molar-refractivity contribution is -0.137. The predicted octanol–water partition coefficient (Wildman–Crippen LogP) is 1.18. The van der Waals surface area contributed by atoms with E-state index < -0.39 is 0 Å². The SMILES string of the molecule is CCC1(CC)CNCC(COC)O1. The minimum Gasteiger partial charge on any atom is -0.382 e. The van der Waals surface area contributed by atoms with Crippen molar-refractivity contribution in [3.63, 3.8) is 0 Å². The third kappa shape index (κ3) is 2.66. The summed E-state index contributed by atoms with van der Waals surface area (Å²) in [5, 5.41) is 3.41. The van der Waals surface area contributed by atoms with Crippen molar-refractivity contribution in [3.8, 4) is 0 Å². The molecule has 0 aromatic rings. The number of methoxy groups -OCH3 is 1. The maximum Gasteiger partial charge on any atom is 0.0940 e. The Hall–Kier alpha value is -0.120. The van der Waals surface area contributed by atoms with Gasteiger partial charge in [-0.2, -0.15) is 0 Å². The quantitative estimate of drug-likeness (QED) is 0.717. The molecule has 1 atom stereocenters. The molecule has 1 rings (SSSR count). The molecule has 3 heteroatoms. The molecule has 0 spiro atoms. The molecule has 13 heavy (non-hydrogen) atoms. The third-order valence-electron chi connectivity index (χ3n) is 2.88. The minimum absolute atomic E-state index is 0.0431. The summed E-state index contributed by atoms with van der Waals surface area (Å²) in [7, 11) is 1.72. The molecule has 0 aliphatic carbocycles. The molecule has 1 saturated heterocycles. The van der Waals surface area contributed by atoms with Crippen molar-refractivity contribution in [1.29, 1.82) is 0 Å². The minimum atomic E-state index is 0.0431. The summed E-state index contributed by atoms with van der Waals surface area (Å²) >= 11 is 0. The molecule has 78 valence electrons. The molecule has 0 aromatic carbocycles. The second-order valence-corrected chi connectivity index (χ2v) is 3.72. The summed E-state index contributed by atoms with van der Waals surface area (Å²) in [6.45, 7) is 6.94. The fourth-order valence-electron chi connectivity index (χ4n) is 1.84. The van der Waals surface area contributed by atoms with Gasteiger partial charge in [0.2, 0.25) is 0 Å². The van der Waals surface area contributed by atoms with Crippen LogP contribution in [0.1, 0.15) is 26.7 Å². The van der Waals surface area contributed by atoms with E-state index in [2.05, 4.69) is 19.2 Å². The first-order valence-electron chi connectivity index (χ1n) is 5.14. The Morgan fingerprint density at radius 3 is 2.69 bits per heavy atom. The van der Waals surface area contributed by atoms with Gasteiger partial charge >= 0.3 is 0 Å². The van der Waals surface area contributed by atoms with Gasteiger partial charge < -0.3 is 14.8 Å². The summed E-state index contributed by atoms with van der Waals surface area (Å²) in [5.41, 5.74) is 0.0431. The van der Waals surface area contributed by atoms with E-state index in [-0.39, 0.29) is 11.7 Å². The summed E-state index contributed by atoms with van der Waals surface area (Å²) < 4.78 is 11.1. The first-order chi connectivity index (χ1) is 6.26. The highest BCUT2D eigenvalue weighted by molar-refractivity contribution is 4.86. The van der Waals surface area contributed by atoms with Crippen LogP contribution in [-0.2, 0) is 9.47 Å². The number of morpholine rings is 1. The van der Waals surface area contributed by atoms with E-state index in [0.717, 1.165) is 25.9 Å². The van der Waals surface area contributed by atoms with E-state index in [4.69, 9.17) is 9.47 Å². The van der Waals surface area contributed by atoms with Crippen molar-refractivity contribution in [2.75, 3.05) is 26.8 Å². The van der Waals surface area contributed by atoms with Crippen molar-refractivity contribution >= 4 is 0 Å². The normalized spacial score (nSPS) is 27.5. The first kappa shape index (κ1) is 11.0. The monoisotopic (exact) mass is 187 g/mol. The molecule has 1 aliphatic heterocycles. The Kier molecular flexibility index (Phi) is 4.16. The van der Waals surface area contributed by atoms with Gasteiger partial charge in [-0.1, -0.05) is 13.8 Å². The first-order valence-corrected chi connectivity index (χ1v) is 5.14. The second-order valence-electron chi connectivity index (χ2n) is 3.72. The standard InChI is InChI=1S/C10H21NO2/c1-4-10(5-2)8-11-6-9(13-10)7-12-3/h9,11H,4-8H2,1-3H3. The van der Waals surface area contributed by atoms with Crippen LogP contribution in [-0.4, -0.2) is 38.5 Å². The smallest absolute Gasteiger partial charge is 0.0940 e. The number of ether oxygens (including phenoxy) is 2. The average Bonchev–Trinajstić information content (AvgIpc) is 2.19. The summed E-state index contributed by atoms with van der Waals surface area (Å²) in [6, 6.07) is 0. The molecule has 1 fully saturated rings. The Morgan fingerprint density at radius 1 is 1.46 bits per heavy atom. The molecule has 1 unspecified atom stereocenters. The summed E-state index contributed by atoms with van der Waals surface area (Å²) in [6.07, 6.45) is 2.35. The average molecular weight is 187 g/mol. The summed E-state index contributed by atoms with van der Waals surface area (Å²) in [4.78, 5) is 0. The lowest BCUT2D eigenvalue weighted by Gasteiger charge is -2.40. The fraction of sp³-hybridized carbons (Fsp3) is 1.00.